The second kappa shape index (κ2) is 17.7. The number of thiophene rings is 1. The molecule has 0 saturated carbocycles. The van der Waals surface area contributed by atoms with E-state index in [0.717, 1.165) is 41.0 Å². The fourth-order valence-corrected chi connectivity index (χ4v) is 7.94. The van der Waals surface area contributed by atoms with Crippen molar-refractivity contribution in [1.29, 1.82) is 0 Å². The van der Waals surface area contributed by atoms with Crippen molar-refractivity contribution in [2.24, 2.45) is 0 Å². The zero-order chi connectivity index (χ0) is 36.3. The second-order valence-corrected chi connectivity index (χ2v) is 14.0. The SMILES string of the molecule is CCOC(=O)c1c(NC(=O)C(CC)Sc2cccc(NC(=O)/C(=C\c3ccc(OC)c(OC)c3)NC(=O)c3ccccc3)c2)sc2c1CCCC2. The number of benzene rings is 3. The summed E-state index contributed by atoms with van der Waals surface area (Å²) in [4.78, 5) is 55.3. The van der Waals surface area contributed by atoms with E-state index < -0.39 is 23.0 Å². The molecule has 4 aromatic rings. The van der Waals surface area contributed by atoms with E-state index >= 15 is 0 Å². The highest BCUT2D eigenvalue weighted by molar-refractivity contribution is 8.00. The Morgan fingerprint density at radius 1 is 0.882 bits per heavy atom. The van der Waals surface area contributed by atoms with E-state index in [1.165, 1.54) is 37.3 Å². The standard InChI is InChI=1S/C39H41N3O7S2/c1-5-32(37(45)42-38-34(39(46)49-6-2)28-17-10-11-18-33(28)51-38)50-27-16-12-15-26(23-27)40-36(44)29(41-35(43)25-13-8-7-9-14-25)21-24-19-20-30(47-3)31(22-24)48-4/h7-9,12-16,19-23,32H,5-6,10-11,17-18H2,1-4H3,(H,40,44)(H,41,43)(H,42,45)/b29-21+. The van der Waals surface area contributed by atoms with Gasteiger partial charge in [0.2, 0.25) is 5.91 Å². The van der Waals surface area contributed by atoms with Crippen LogP contribution in [0.15, 0.2) is 83.4 Å². The number of amides is 3. The highest BCUT2D eigenvalue weighted by atomic mass is 32.2. The molecule has 12 heteroatoms. The van der Waals surface area contributed by atoms with Crippen molar-refractivity contribution in [3.63, 3.8) is 0 Å². The molecule has 1 atom stereocenters. The molecule has 1 heterocycles. The minimum Gasteiger partial charge on any atom is -0.493 e. The Morgan fingerprint density at radius 3 is 2.37 bits per heavy atom. The lowest BCUT2D eigenvalue weighted by molar-refractivity contribution is -0.116. The smallest absolute Gasteiger partial charge is 0.341 e. The molecule has 3 aromatic carbocycles. The number of methoxy groups -OCH3 is 2. The number of thioether (sulfide) groups is 1. The van der Waals surface area contributed by atoms with Crippen LogP contribution in [-0.4, -0.2) is 49.8 Å². The molecule has 5 rings (SSSR count). The lowest BCUT2D eigenvalue weighted by Gasteiger charge is -2.16. The zero-order valence-electron chi connectivity index (χ0n) is 29.0. The van der Waals surface area contributed by atoms with Crippen LogP contribution in [0.5, 0.6) is 11.5 Å². The van der Waals surface area contributed by atoms with Crippen LogP contribution >= 0.6 is 23.1 Å². The van der Waals surface area contributed by atoms with Crippen molar-refractivity contribution >= 4 is 63.6 Å². The topological polar surface area (TPSA) is 132 Å². The van der Waals surface area contributed by atoms with Gasteiger partial charge in [-0.05, 0) is 98.7 Å². The minimum atomic E-state index is -0.547. The molecular weight excluding hydrogens is 687 g/mol. The third-order valence-electron chi connectivity index (χ3n) is 8.17. The summed E-state index contributed by atoms with van der Waals surface area (Å²) >= 11 is 2.82. The predicted octanol–water partition coefficient (Wildman–Crippen LogP) is 7.74. The number of esters is 1. The van der Waals surface area contributed by atoms with Crippen molar-refractivity contribution < 1.29 is 33.4 Å². The Balaban J connectivity index is 1.34. The number of carbonyl (C=O) groups is 4. The number of nitrogens with one attached hydrogen (secondary N) is 3. The van der Waals surface area contributed by atoms with Crippen LogP contribution < -0.4 is 25.4 Å². The fourth-order valence-electron chi connectivity index (χ4n) is 5.65. The van der Waals surface area contributed by atoms with Gasteiger partial charge in [-0.3, -0.25) is 14.4 Å². The molecule has 3 amide bonds. The Labute approximate surface area is 306 Å². The van der Waals surface area contributed by atoms with Crippen molar-refractivity contribution in [1.82, 2.24) is 5.32 Å². The minimum absolute atomic E-state index is 0.0102. The van der Waals surface area contributed by atoms with E-state index in [-0.39, 0.29) is 18.2 Å². The maximum absolute atomic E-state index is 13.7. The first-order chi connectivity index (χ1) is 24.7. The summed E-state index contributed by atoms with van der Waals surface area (Å²) in [6, 6.07) is 20.9. The van der Waals surface area contributed by atoms with Gasteiger partial charge in [0.25, 0.3) is 11.8 Å². The average molecular weight is 728 g/mol. The molecule has 1 aliphatic rings. The van der Waals surface area contributed by atoms with Gasteiger partial charge in [-0.1, -0.05) is 37.3 Å². The van der Waals surface area contributed by atoms with Gasteiger partial charge < -0.3 is 30.2 Å². The maximum Gasteiger partial charge on any atom is 0.341 e. The molecule has 0 radical (unpaired) electrons. The van der Waals surface area contributed by atoms with E-state index in [4.69, 9.17) is 14.2 Å². The third kappa shape index (κ3) is 9.39. The van der Waals surface area contributed by atoms with Gasteiger partial charge in [-0.15, -0.1) is 23.1 Å². The summed E-state index contributed by atoms with van der Waals surface area (Å²) in [7, 11) is 3.05. The van der Waals surface area contributed by atoms with Gasteiger partial charge in [0.1, 0.15) is 10.7 Å². The first-order valence-corrected chi connectivity index (χ1v) is 18.4. The quantitative estimate of drug-likeness (QED) is 0.0683. The summed E-state index contributed by atoms with van der Waals surface area (Å²) in [5.74, 6) is -0.627. The zero-order valence-corrected chi connectivity index (χ0v) is 30.6. The fraction of sp³-hybridized carbons (Fsp3) is 0.282. The molecule has 3 N–H and O–H groups in total. The van der Waals surface area contributed by atoms with Crippen LogP contribution in [0, 0.1) is 0 Å². The Kier molecular flexibility index (Phi) is 12.9. The van der Waals surface area contributed by atoms with Crippen LogP contribution in [0.25, 0.3) is 6.08 Å². The van der Waals surface area contributed by atoms with Crippen molar-refractivity contribution in [2.75, 3.05) is 31.5 Å². The van der Waals surface area contributed by atoms with Crippen molar-refractivity contribution in [3.8, 4) is 11.5 Å². The summed E-state index contributed by atoms with van der Waals surface area (Å²) in [5, 5.41) is 8.73. The maximum atomic E-state index is 13.7. The van der Waals surface area contributed by atoms with Crippen LogP contribution in [0.1, 0.15) is 69.8 Å². The summed E-state index contributed by atoms with van der Waals surface area (Å²) in [6.07, 6.45) is 5.81. The molecule has 1 aromatic heterocycles. The van der Waals surface area contributed by atoms with Gasteiger partial charge in [0, 0.05) is 21.0 Å². The summed E-state index contributed by atoms with van der Waals surface area (Å²) in [5.41, 5.74) is 2.95. The van der Waals surface area contributed by atoms with Crippen LogP contribution in [0.4, 0.5) is 10.7 Å². The van der Waals surface area contributed by atoms with Gasteiger partial charge >= 0.3 is 5.97 Å². The molecule has 1 aliphatic carbocycles. The highest BCUT2D eigenvalue weighted by Gasteiger charge is 2.29. The third-order valence-corrected chi connectivity index (χ3v) is 10.7. The Bertz CT molecular complexity index is 1920. The van der Waals surface area contributed by atoms with Crippen LogP contribution in [0.3, 0.4) is 0 Å². The predicted molar refractivity (Wildman–Crippen MR) is 202 cm³/mol. The van der Waals surface area contributed by atoms with Crippen LogP contribution in [0.2, 0.25) is 0 Å². The van der Waals surface area contributed by atoms with Crippen molar-refractivity contribution in [2.45, 2.75) is 56.1 Å². The van der Waals surface area contributed by atoms with E-state index in [1.807, 2.05) is 13.0 Å². The Hall–Kier alpha value is -5.07. The van der Waals surface area contributed by atoms with Gasteiger partial charge in [-0.25, -0.2) is 4.79 Å². The monoisotopic (exact) mass is 727 g/mol. The van der Waals surface area contributed by atoms with E-state index in [0.29, 0.717) is 45.3 Å². The molecule has 0 spiro atoms. The molecule has 1 unspecified atom stereocenters. The number of rotatable bonds is 14. The Morgan fingerprint density at radius 2 is 1.65 bits per heavy atom. The average Bonchev–Trinajstić information content (AvgIpc) is 3.51. The first kappa shape index (κ1) is 37.2. The number of ether oxygens (including phenoxy) is 3. The number of anilines is 2. The molecule has 0 fully saturated rings. The molecule has 266 valence electrons. The van der Waals surface area contributed by atoms with Gasteiger partial charge in [0.05, 0.1) is 31.6 Å². The molecule has 51 heavy (non-hydrogen) atoms. The highest BCUT2D eigenvalue weighted by Crippen LogP contribution is 2.39. The number of fused-ring (bicyclic) bond motifs is 1. The number of aryl methyl sites for hydroxylation is 1. The normalized spacial score (nSPS) is 13.0. The van der Waals surface area contributed by atoms with E-state index in [1.54, 1.807) is 79.7 Å². The van der Waals surface area contributed by atoms with Gasteiger partial charge in [0.15, 0.2) is 11.5 Å². The first-order valence-electron chi connectivity index (χ1n) is 16.7. The number of hydrogen-bond acceptors (Lipinski definition) is 9. The lowest BCUT2D eigenvalue weighted by Crippen LogP contribution is -2.30. The van der Waals surface area contributed by atoms with Crippen molar-refractivity contribution in [3.05, 3.63) is 106 Å². The largest absolute Gasteiger partial charge is 0.493 e. The molecular formula is C39H41N3O7S2. The molecule has 10 nitrogen and oxygen atoms in total. The molecule has 0 bridgehead atoms. The van der Waals surface area contributed by atoms with Crippen LogP contribution in [-0.2, 0) is 27.2 Å². The summed E-state index contributed by atoms with van der Waals surface area (Å²) in [6.45, 7) is 3.95. The number of carbonyl (C=O) groups excluding carboxylic acids is 4. The summed E-state index contributed by atoms with van der Waals surface area (Å²) < 4.78 is 16.1. The van der Waals surface area contributed by atoms with Gasteiger partial charge in [-0.2, -0.15) is 0 Å². The molecule has 0 saturated heterocycles. The molecule has 0 aliphatic heterocycles. The number of hydrogen-bond donors (Lipinski definition) is 3. The lowest BCUT2D eigenvalue weighted by atomic mass is 9.95. The second-order valence-electron chi connectivity index (χ2n) is 11.6. The van der Waals surface area contributed by atoms with E-state index in [2.05, 4.69) is 16.0 Å². The van der Waals surface area contributed by atoms with E-state index in [9.17, 15) is 19.2 Å².